The molecule has 2 saturated heterocycles. The van der Waals surface area contributed by atoms with Gasteiger partial charge in [0.25, 0.3) is 11.1 Å². The van der Waals surface area contributed by atoms with Gasteiger partial charge in [-0.15, -0.1) is 0 Å². The van der Waals surface area contributed by atoms with E-state index in [2.05, 4.69) is 10.2 Å². The molecule has 0 spiro atoms. The average Bonchev–Trinajstić information content (AvgIpc) is 3.04. The molecule has 0 unspecified atom stereocenters. The number of hydrogen-bond acceptors (Lipinski definition) is 6. The van der Waals surface area contributed by atoms with Crippen molar-refractivity contribution < 1.29 is 19.1 Å². The molecule has 2 fully saturated rings. The second-order valence-corrected chi connectivity index (χ2v) is 8.82. The molecular formula is C24H25N3O4S. The first-order valence-corrected chi connectivity index (χ1v) is 11.3. The van der Waals surface area contributed by atoms with E-state index in [4.69, 9.17) is 4.74 Å². The highest BCUT2D eigenvalue weighted by Gasteiger charge is 2.36. The maximum Gasteiger partial charge on any atom is 0.294 e. The number of rotatable bonds is 5. The van der Waals surface area contributed by atoms with Gasteiger partial charge in [-0.05, 0) is 61.0 Å². The summed E-state index contributed by atoms with van der Waals surface area (Å²) in [7, 11) is 0. The minimum atomic E-state index is -0.451. The van der Waals surface area contributed by atoms with Gasteiger partial charge in [0, 0.05) is 24.5 Å². The first-order valence-electron chi connectivity index (χ1n) is 10.5. The second kappa shape index (κ2) is 9.58. The first-order chi connectivity index (χ1) is 15.4. The topological polar surface area (TPSA) is 79.0 Å². The number of amides is 3. The highest BCUT2D eigenvalue weighted by molar-refractivity contribution is 8.18. The Hall–Kier alpha value is -3.10. The molecule has 32 heavy (non-hydrogen) atoms. The second-order valence-electron chi connectivity index (χ2n) is 7.83. The van der Waals surface area contributed by atoms with Crippen molar-refractivity contribution >= 4 is 46.3 Å². The number of thioether (sulfide) groups is 1. The largest absolute Gasteiger partial charge is 0.378 e. The van der Waals surface area contributed by atoms with Gasteiger partial charge in [-0.1, -0.05) is 29.8 Å². The molecule has 1 N–H and O–H groups in total. The number of carbonyl (C=O) groups excluding carboxylic acids is 3. The van der Waals surface area contributed by atoms with Crippen LogP contribution < -0.4 is 10.2 Å². The zero-order valence-electron chi connectivity index (χ0n) is 18.1. The summed E-state index contributed by atoms with van der Waals surface area (Å²) in [6.07, 6.45) is 1.69. The molecule has 0 radical (unpaired) electrons. The molecule has 8 heteroatoms. The molecule has 3 amide bonds. The number of benzene rings is 2. The van der Waals surface area contributed by atoms with Crippen molar-refractivity contribution in [2.24, 2.45) is 0 Å². The van der Waals surface area contributed by atoms with E-state index in [9.17, 15) is 14.4 Å². The van der Waals surface area contributed by atoms with Crippen molar-refractivity contribution in [3.63, 3.8) is 0 Å². The van der Waals surface area contributed by atoms with Crippen molar-refractivity contribution in [2.45, 2.75) is 13.8 Å². The summed E-state index contributed by atoms with van der Waals surface area (Å²) in [5.74, 6) is -0.858. The predicted molar refractivity (Wildman–Crippen MR) is 127 cm³/mol. The first kappa shape index (κ1) is 22.1. The van der Waals surface area contributed by atoms with Crippen LogP contribution >= 0.6 is 11.8 Å². The standard InChI is InChI=1S/C24H25N3O4S/c1-16-3-8-20(17(2)13-16)25-22(28)15-27-23(29)21(32-24(27)30)14-18-4-6-19(7-5-18)26-9-11-31-12-10-26/h3-8,13-14H,9-12,15H2,1-2H3,(H,25,28)/b21-14-. The van der Waals surface area contributed by atoms with Gasteiger partial charge in [-0.2, -0.15) is 0 Å². The highest BCUT2D eigenvalue weighted by Crippen LogP contribution is 2.32. The minimum Gasteiger partial charge on any atom is -0.378 e. The third-order valence-corrected chi connectivity index (χ3v) is 6.31. The number of ether oxygens (including phenoxy) is 1. The maximum atomic E-state index is 12.7. The predicted octanol–water partition coefficient (Wildman–Crippen LogP) is 3.82. The maximum absolute atomic E-state index is 12.7. The van der Waals surface area contributed by atoms with Crippen LogP contribution in [0.25, 0.3) is 6.08 Å². The normalized spacial score (nSPS) is 17.9. The Bertz CT molecular complexity index is 1080. The lowest BCUT2D eigenvalue weighted by atomic mass is 10.1. The van der Waals surface area contributed by atoms with Crippen LogP contribution in [0.2, 0.25) is 0 Å². The molecule has 0 saturated carbocycles. The summed E-state index contributed by atoms with van der Waals surface area (Å²) >= 11 is 0.854. The molecule has 4 rings (SSSR count). The Balaban J connectivity index is 1.40. The van der Waals surface area contributed by atoms with Crippen molar-refractivity contribution in [3.8, 4) is 0 Å². The van der Waals surface area contributed by atoms with E-state index in [-0.39, 0.29) is 6.54 Å². The zero-order chi connectivity index (χ0) is 22.7. The number of aryl methyl sites for hydroxylation is 2. The quantitative estimate of drug-likeness (QED) is 0.697. The van der Waals surface area contributed by atoms with Crippen molar-refractivity contribution in [3.05, 3.63) is 64.1 Å². The van der Waals surface area contributed by atoms with Crippen molar-refractivity contribution in [1.29, 1.82) is 0 Å². The van der Waals surface area contributed by atoms with Gasteiger partial charge in [0.1, 0.15) is 6.54 Å². The summed E-state index contributed by atoms with van der Waals surface area (Å²) in [6.45, 7) is 6.69. The molecule has 2 aliphatic rings. The van der Waals surface area contributed by atoms with Crippen LogP contribution in [0.4, 0.5) is 16.2 Å². The van der Waals surface area contributed by atoms with E-state index >= 15 is 0 Å². The molecular weight excluding hydrogens is 426 g/mol. The number of nitrogens with zero attached hydrogens (tertiary/aromatic N) is 2. The van der Waals surface area contributed by atoms with Gasteiger partial charge in [-0.25, -0.2) is 0 Å². The number of anilines is 2. The monoisotopic (exact) mass is 451 g/mol. The Kier molecular flexibility index (Phi) is 6.62. The van der Waals surface area contributed by atoms with Gasteiger partial charge >= 0.3 is 0 Å². The number of carbonyl (C=O) groups is 3. The lowest BCUT2D eigenvalue weighted by Gasteiger charge is -2.28. The fraction of sp³-hybridized carbons (Fsp3) is 0.292. The summed E-state index contributed by atoms with van der Waals surface area (Å²) in [5.41, 5.74) is 4.61. The molecule has 0 bridgehead atoms. The number of imide groups is 1. The molecule has 2 aliphatic heterocycles. The van der Waals surface area contributed by atoms with Gasteiger partial charge in [-0.3, -0.25) is 19.3 Å². The Morgan fingerprint density at radius 3 is 2.50 bits per heavy atom. The highest BCUT2D eigenvalue weighted by atomic mass is 32.2. The third kappa shape index (κ3) is 5.03. The molecule has 0 atom stereocenters. The number of hydrogen-bond donors (Lipinski definition) is 1. The zero-order valence-corrected chi connectivity index (χ0v) is 18.9. The molecule has 0 aliphatic carbocycles. The van der Waals surface area contributed by atoms with Crippen LogP contribution in [-0.4, -0.2) is 54.8 Å². The van der Waals surface area contributed by atoms with Gasteiger partial charge in [0.05, 0.1) is 18.1 Å². The summed E-state index contributed by atoms with van der Waals surface area (Å²) < 4.78 is 5.38. The number of nitrogens with one attached hydrogen (secondary N) is 1. The SMILES string of the molecule is Cc1ccc(NC(=O)CN2C(=O)S/C(=C\c3ccc(N4CCOCC4)cc3)C2=O)c(C)c1. The molecule has 7 nitrogen and oxygen atoms in total. The molecule has 2 aromatic carbocycles. The van der Waals surface area contributed by atoms with E-state index in [1.54, 1.807) is 6.08 Å². The summed E-state index contributed by atoms with van der Waals surface area (Å²) in [4.78, 5) is 41.1. The Morgan fingerprint density at radius 2 is 1.81 bits per heavy atom. The average molecular weight is 452 g/mol. The van der Waals surface area contributed by atoms with E-state index in [0.29, 0.717) is 23.8 Å². The van der Waals surface area contributed by atoms with Crippen LogP contribution in [0, 0.1) is 13.8 Å². The summed E-state index contributed by atoms with van der Waals surface area (Å²) in [6, 6.07) is 13.5. The van der Waals surface area contributed by atoms with Crippen LogP contribution in [0.1, 0.15) is 16.7 Å². The molecule has 2 heterocycles. The van der Waals surface area contributed by atoms with Crippen LogP contribution in [0.3, 0.4) is 0 Å². The lowest BCUT2D eigenvalue weighted by Crippen LogP contribution is -2.36. The molecule has 2 aromatic rings. The number of morpholine rings is 1. The van der Waals surface area contributed by atoms with Crippen molar-refractivity contribution in [2.75, 3.05) is 43.1 Å². The fourth-order valence-corrected chi connectivity index (χ4v) is 4.52. The van der Waals surface area contributed by atoms with E-state index in [0.717, 1.165) is 52.1 Å². The Morgan fingerprint density at radius 1 is 1.09 bits per heavy atom. The third-order valence-electron chi connectivity index (χ3n) is 5.40. The van der Waals surface area contributed by atoms with E-state index in [1.165, 1.54) is 0 Å². The molecule has 166 valence electrons. The minimum absolute atomic E-state index is 0.313. The van der Waals surface area contributed by atoms with Crippen LogP contribution in [0.5, 0.6) is 0 Å². The Labute approximate surface area is 191 Å². The van der Waals surface area contributed by atoms with E-state index in [1.807, 2.05) is 56.3 Å². The van der Waals surface area contributed by atoms with Crippen LogP contribution in [0.15, 0.2) is 47.4 Å². The summed E-state index contributed by atoms with van der Waals surface area (Å²) in [5, 5.41) is 2.34. The van der Waals surface area contributed by atoms with Gasteiger partial charge in [0.15, 0.2) is 0 Å². The van der Waals surface area contributed by atoms with Crippen molar-refractivity contribution in [1.82, 2.24) is 4.90 Å². The fourth-order valence-electron chi connectivity index (χ4n) is 3.68. The lowest BCUT2D eigenvalue weighted by molar-refractivity contribution is -0.127. The van der Waals surface area contributed by atoms with Gasteiger partial charge < -0.3 is 15.0 Å². The molecule has 0 aromatic heterocycles. The smallest absolute Gasteiger partial charge is 0.294 e. The van der Waals surface area contributed by atoms with E-state index < -0.39 is 17.1 Å². The van der Waals surface area contributed by atoms with Gasteiger partial charge in [0.2, 0.25) is 5.91 Å². The van der Waals surface area contributed by atoms with Crippen LogP contribution in [-0.2, 0) is 14.3 Å².